The topological polar surface area (TPSA) is 55.6 Å². The Bertz CT molecular complexity index is 535. The number of rotatable bonds is 3. The van der Waals surface area contributed by atoms with E-state index in [0.717, 1.165) is 12.0 Å². The Hall–Kier alpha value is -0.970. The third-order valence-corrected chi connectivity index (χ3v) is 4.58. The van der Waals surface area contributed by atoms with Crippen LogP contribution in [0.15, 0.2) is 18.2 Å². The molecule has 2 N–H and O–H groups in total. The molecule has 22 heavy (non-hydrogen) atoms. The minimum atomic E-state index is -0.0508. The van der Waals surface area contributed by atoms with E-state index in [0.29, 0.717) is 23.9 Å². The summed E-state index contributed by atoms with van der Waals surface area (Å²) < 4.78 is 5.57. The number of hydrogen-bond donors (Lipinski definition) is 1. The van der Waals surface area contributed by atoms with Gasteiger partial charge in [-0.25, -0.2) is 0 Å². The molecular formula is C16H24Cl2N2O2. The van der Waals surface area contributed by atoms with Gasteiger partial charge in [-0.05, 0) is 42.5 Å². The molecule has 4 nitrogen and oxygen atoms in total. The molecule has 124 valence electrons. The van der Waals surface area contributed by atoms with Gasteiger partial charge in [-0.3, -0.25) is 4.79 Å². The summed E-state index contributed by atoms with van der Waals surface area (Å²) in [5.41, 5.74) is 6.97. The highest BCUT2D eigenvalue weighted by molar-refractivity contribution is 6.31. The fourth-order valence-corrected chi connectivity index (χ4v) is 2.65. The minimum Gasteiger partial charge on any atom is -0.484 e. The van der Waals surface area contributed by atoms with Crippen molar-refractivity contribution >= 4 is 29.9 Å². The van der Waals surface area contributed by atoms with Crippen molar-refractivity contribution in [2.24, 2.45) is 11.1 Å². The van der Waals surface area contributed by atoms with E-state index in [2.05, 4.69) is 13.8 Å². The summed E-state index contributed by atoms with van der Waals surface area (Å²) in [4.78, 5) is 14.1. The van der Waals surface area contributed by atoms with Crippen LogP contribution in [0.3, 0.4) is 0 Å². The van der Waals surface area contributed by atoms with Crippen LogP contribution >= 0.6 is 24.0 Å². The molecule has 1 aliphatic heterocycles. The highest BCUT2D eigenvalue weighted by Crippen LogP contribution is 2.28. The molecular weight excluding hydrogens is 323 g/mol. The van der Waals surface area contributed by atoms with E-state index in [1.54, 1.807) is 12.1 Å². The van der Waals surface area contributed by atoms with E-state index in [-0.39, 0.29) is 36.4 Å². The molecule has 1 aromatic rings. The summed E-state index contributed by atoms with van der Waals surface area (Å²) in [6.07, 6.45) is 0.832. The number of piperidine rings is 1. The third-order valence-electron chi connectivity index (χ3n) is 4.16. The maximum atomic E-state index is 12.3. The van der Waals surface area contributed by atoms with E-state index in [1.807, 2.05) is 17.9 Å². The Labute approximate surface area is 143 Å². The van der Waals surface area contributed by atoms with Gasteiger partial charge < -0.3 is 15.4 Å². The molecule has 1 saturated heterocycles. The van der Waals surface area contributed by atoms with Crippen LogP contribution in [-0.2, 0) is 4.79 Å². The van der Waals surface area contributed by atoms with E-state index >= 15 is 0 Å². The predicted molar refractivity (Wildman–Crippen MR) is 91.9 cm³/mol. The van der Waals surface area contributed by atoms with Crippen molar-refractivity contribution in [3.05, 3.63) is 28.8 Å². The Kier molecular flexibility index (Phi) is 6.53. The van der Waals surface area contributed by atoms with Gasteiger partial charge in [0.05, 0.1) is 0 Å². The first-order valence-electron chi connectivity index (χ1n) is 7.22. The Morgan fingerprint density at radius 1 is 1.50 bits per heavy atom. The summed E-state index contributed by atoms with van der Waals surface area (Å²) in [6.45, 7) is 7.53. The zero-order chi connectivity index (χ0) is 15.6. The zero-order valence-electron chi connectivity index (χ0n) is 13.3. The largest absolute Gasteiger partial charge is 0.484 e. The lowest BCUT2D eigenvalue weighted by atomic mass is 9.80. The fourth-order valence-electron chi connectivity index (χ4n) is 2.53. The van der Waals surface area contributed by atoms with Gasteiger partial charge in [0, 0.05) is 24.2 Å². The number of halogens is 2. The molecule has 1 aliphatic rings. The number of nitrogens with two attached hydrogens (primary N) is 1. The van der Waals surface area contributed by atoms with E-state index in [9.17, 15) is 4.79 Å². The third kappa shape index (κ3) is 4.51. The van der Waals surface area contributed by atoms with E-state index in [4.69, 9.17) is 22.1 Å². The average molecular weight is 347 g/mol. The smallest absolute Gasteiger partial charge is 0.260 e. The molecule has 2 rings (SSSR count). The molecule has 1 heterocycles. The molecule has 6 heteroatoms. The van der Waals surface area contributed by atoms with Crippen LogP contribution in [0.1, 0.15) is 25.8 Å². The lowest BCUT2D eigenvalue weighted by molar-refractivity contribution is -0.136. The number of carbonyl (C=O) groups excluding carboxylic acids is 1. The molecule has 0 radical (unpaired) electrons. The van der Waals surface area contributed by atoms with Crippen LogP contribution in [0.5, 0.6) is 5.75 Å². The molecule has 1 atom stereocenters. The van der Waals surface area contributed by atoms with Gasteiger partial charge in [0.15, 0.2) is 6.61 Å². The fraction of sp³-hybridized carbons (Fsp3) is 0.562. The van der Waals surface area contributed by atoms with Gasteiger partial charge >= 0.3 is 0 Å². The standard InChI is InChI=1S/C16H23ClN2O2.ClH/c1-11-8-12(4-5-13(11)17)21-9-15(20)19-7-6-14(18)16(2,3)10-19;/h4-5,8,14H,6-7,9-10,18H2,1-3H3;1H. The quantitative estimate of drug-likeness (QED) is 0.914. The van der Waals surface area contributed by atoms with Crippen molar-refractivity contribution in [2.75, 3.05) is 19.7 Å². The number of benzene rings is 1. The highest BCUT2D eigenvalue weighted by Gasteiger charge is 2.35. The van der Waals surface area contributed by atoms with Gasteiger partial charge in [0.25, 0.3) is 5.91 Å². The van der Waals surface area contributed by atoms with Crippen molar-refractivity contribution in [3.63, 3.8) is 0 Å². The second-order valence-electron chi connectivity index (χ2n) is 6.40. The van der Waals surface area contributed by atoms with Gasteiger partial charge in [0.1, 0.15) is 5.75 Å². The number of aryl methyl sites for hydroxylation is 1. The highest BCUT2D eigenvalue weighted by atomic mass is 35.5. The van der Waals surface area contributed by atoms with Crippen LogP contribution in [0.4, 0.5) is 0 Å². The molecule has 1 unspecified atom stereocenters. The molecule has 1 aromatic carbocycles. The zero-order valence-corrected chi connectivity index (χ0v) is 14.8. The number of hydrogen-bond acceptors (Lipinski definition) is 3. The number of ether oxygens (including phenoxy) is 1. The summed E-state index contributed by atoms with van der Waals surface area (Å²) in [7, 11) is 0. The number of likely N-dealkylation sites (tertiary alicyclic amines) is 1. The Balaban J connectivity index is 0.00000242. The van der Waals surface area contributed by atoms with Crippen molar-refractivity contribution in [1.82, 2.24) is 4.90 Å². The maximum absolute atomic E-state index is 12.3. The van der Waals surface area contributed by atoms with Gasteiger partial charge in [-0.2, -0.15) is 0 Å². The lowest BCUT2D eigenvalue weighted by Gasteiger charge is -2.42. The van der Waals surface area contributed by atoms with Crippen molar-refractivity contribution < 1.29 is 9.53 Å². The normalized spacial score (nSPS) is 20.2. The molecule has 1 amide bonds. The SMILES string of the molecule is Cc1cc(OCC(=O)N2CCC(N)C(C)(C)C2)ccc1Cl.Cl. The van der Waals surface area contributed by atoms with Gasteiger partial charge in [0.2, 0.25) is 0 Å². The molecule has 0 spiro atoms. The second-order valence-corrected chi connectivity index (χ2v) is 6.81. The first-order valence-corrected chi connectivity index (χ1v) is 7.60. The Morgan fingerprint density at radius 3 is 2.77 bits per heavy atom. The summed E-state index contributed by atoms with van der Waals surface area (Å²) in [6, 6.07) is 5.53. The van der Waals surface area contributed by atoms with Crippen LogP contribution in [-0.4, -0.2) is 36.5 Å². The maximum Gasteiger partial charge on any atom is 0.260 e. The predicted octanol–water partition coefficient (Wildman–Crippen LogP) is 3.03. The van der Waals surface area contributed by atoms with Crippen LogP contribution in [0.2, 0.25) is 5.02 Å². The monoisotopic (exact) mass is 346 g/mol. The summed E-state index contributed by atoms with van der Waals surface area (Å²) in [5.74, 6) is 0.667. The Morgan fingerprint density at radius 2 is 2.18 bits per heavy atom. The van der Waals surface area contributed by atoms with E-state index in [1.165, 1.54) is 0 Å². The molecule has 0 bridgehead atoms. The first-order chi connectivity index (χ1) is 9.79. The van der Waals surface area contributed by atoms with Crippen LogP contribution in [0, 0.1) is 12.3 Å². The molecule has 0 aliphatic carbocycles. The molecule has 0 aromatic heterocycles. The van der Waals surface area contributed by atoms with Gasteiger partial charge in [-0.1, -0.05) is 25.4 Å². The van der Waals surface area contributed by atoms with Crippen molar-refractivity contribution in [1.29, 1.82) is 0 Å². The minimum absolute atomic E-state index is 0. The number of nitrogens with zero attached hydrogens (tertiary/aromatic N) is 1. The van der Waals surface area contributed by atoms with Crippen LogP contribution in [0.25, 0.3) is 0 Å². The average Bonchev–Trinajstić information content (AvgIpc) is 2.42. The number of amides is 1. The second kappa shape index (κ2) is 7.53. The molecule has 1 fully saturated rings. The summed E-state index contributed by atoms with van der Waals surface area (Å²) >= 11 is 5.97. The number of carbonyl (C=O) groups is 1. The van der Waals surface area contributed by atoms with Crippen molar-refractivity contribution in [2.45, 2.75) is 33.2 Å². The lowest BCUT2D eigenvalue weighted by Crippen LogP contribution is -2.54. The van der Waals surface area contributed by atoms with Gasteiger partial charge in [-0.15, -0.1) is 12.4 Å². The summed E-state index contributed by atoms with van der Waals surface area (Å²) in [5, 5.41) is 0.695. The first kappa shape index (κ1) is 19.1. The van der Waals surface area contributed by atoms with Crippen LogP contribution < -0.4 is 10.5 Å². The molecule has 0 saturated carbocycles. The van der Waals surface area contributed by atoms with Crippen molar-refractivity contribution in [3.8, 4) is 5.75 Å². The van der Waals surface area contributed by atoms with E-state index < -0.39 is 0 Å².